The Morgan fingerprint density at radius 2 is 2.16 bits per heavy atom. The van der Waals surface area contributed by atoms with Crippen molar-refractivity contribution in [2.45, 2.75) is 44.8 Å². The van der Waals surface area contributed by atoms with Gasteiger partial charge in [0.05, 0.1) is 0 Å². The van der Waals surface area contributed by atoms with Gasteiger partial charge in [-0.3, -0.25) is 9.88 Å². The molecular weight excluding hydrogens is 238 g/mol. The molecule has 4 heteroatoms. The number of rotatable bonds is 4. The van der Waals surface area contributed by atoms with Crippen LogP contribution in [0.5, 0.6) is 0 Å². The summed E-state index contributed by atoms with van der Waals surface area (Å²) >= 11 is 0. The van der Waals surface area contributed by atoms with Gasteiger partial charge >= 0.3 is 0 Å². The summed E-state index contributed by atoms with van der Waals surface area (Å²) in [6, 6.07) is 4.53. The van der Waals surface area contributed by atoms with E-state index in [-0.39, 0.29) is 12.1 Å². The van der Waals surface area contributed by atoms with Gasteiger partial charge in [-0.1, -0.05) is 0 Å². The third-order valence-electron chi connectivity index (χ3n) is 4.08. The monoisotopic (exact) mass is 263 g/mol. The molecule has 1 fully saturated rings. The van der Waals surface area contributed by atoms with Crippen LogP contribution in [0.15, 0.2) is 24.5 Å². The highest BCUT2D eigenvalue weighted by Crippen LogP contribution is 2.27. The minimum atomic E-state index is 0.145. The van der Waals surface area contributed by atoms with Gasteiger partial charge in [0.1, 0.15) is 0 Å². The minimum absolute atomic E-state index is 0.145. The zero-order valence-electron chi connectivity index (χ0n) is 12.0. The van der Waals surface area contributed by atoms with Gasteiger partial charge in [0.15, 0.2) is 0 Å². The lowest BCUT2D eigenvalue weighted by Gasteiger charge is -2.42. The van der Waals surface area contributed by atoms with E-state index in [2.05, 4.69) is 41.2 Å². The molecule has 0 radical (unpaired) electrons. The molecule has 1 atom stereocenters. The Hall–Kier alpha value is -0.970. The fraction of sp³-hybridized carbons (Fsp3) is 0.667. The van der Waals surface area contributed by atoms with Crippen LogP contribution in [0.2, 0.25) is 0 Å². The highest BCUT2D eigenvalue weighted by atomic mass is 16.3. The first kappa shape index (κ1) is 14.4. The largest absolute Gasteiger partial charge is 0.396 e. The third kappa shape index (κ3) is 3.75. The van der Waals surface area contributed by atoms with Crippen molar-refractivity contribution in [1.29, 1.82) is 0 Å². The van der Waals surface area contributed by atoms with E-state index in [1.54, 1.807) is 0 Å². The Morgan fingerprint density at radius 1 is 1.42 bits per heavy atom. The SMILES string of the molecule is CC1(C)CCNCC(CCO)N1Cc1ccncc1. The Morgan fingerprint density at radius 3 is 2.84 bits per heavy atom. The molecule has 1 unspecified atom stereocenters. The van der Waals surface area contributed by atoms with Crippen molar-refractivity contribution >= 4 is 0 Å². The molecule has 0 aliphatic carbocycles. The van der Waals surface area contributed by atoms with E-state index in [9.17, 15) is 5.11 Å². The molecule has 2 N–H and O–H groups in total. The van der Waals surface area contributed by atoms with Crippen molar-refractivity contribution in [3.8, 4) is 0 Å². The molecule has 1 aliphatic rings. The van der Waals surface area contributed by atoms with Crippen LogP contribution in [-0.4, -0.2) is 46.3 Å². The molecule has 1 aromatic heterocycles. The lowest BCUT2D eigenvalue weighted by Crippen LogP contribution is -2.50. The first-order valence-corrected chi connectivity index (χ1v) is 7.11. The number of aliphatic hydroxyl groups excluding tert-OH is 1. The Kier molecular flexibility index (Phi) is 4.91. The summed E-state index contributed by atoms with van der Waals surface area (Å²) in [5, 5.41) is 12.8. The Balaban J connectivity index is 2.18. The summed E-state index contributed by atoms with van der Waals surface area (Å²) in [5.74, 6) is 0. The summed E-state index contributed by atoms with van der Waals surface area (Å²) in [6.45, 7) is 7.76. The predicted octanol–water partition coefficient (Wildman–Crippen LogP) is 1.41. The van der Waals surface area contributed by atoms with Crippen molar-refractivity contribution in [3.05, 3.63) is 30.1 Å². The topological polar surface area (TPSA) is 48.4 Å². The summed E-state index contributed by atoms with van der Waals surface area (Å²) in [6.07, 6.45) is 5.64. The highest BCUT2D eigenvalue weighted by Gasteiger charge is 2.34. The van der Waals surface area contributed by atoms with Crippen molar-refractivity contribution in [2.24, 2.45) is 0 Å². The summed E-state index contributed by atoms with van der Waals surface area (Å²) in [7, 11) is 0. The molecule has 2 rings (SSSR count). The number of aromatic nitrogens is 1. The van der Waals surface area contributed by atoms with Crippen LogP contribution in [0.3, 0.4) is 0 Å². The second-order valence-electron chi connectivity index (χ2n) is 5.92. The Bertz CT molecular complexity index is 380. The van der Waals surface area contributed by atoms with E-state index in [4.69, 9.17) is 0 Å². The summed E-state index contributed by atoms with van der Waals surface area (Å²) < 4.78 is 0. The van der Waals surface area contributed by atoms with E-state index in [1.807, 2.05) is 12.4 Å². The maximum Gasteiger partial charge on any atom is 0.0446 e. The predicted molar refractivity (Wildman–Crippen MR) is 76.8 cm³/mol. The van der Waals surface area contributed by atoms with E-state index < -0.39 is 0 Å². The van der Waals surface area contributed by atoms with Crippen LogP contribution in [0, 0.1) is 0 Å². The molecule has 0 spiro atoms. The normalized spacial score (nSPS) is 24.1. The van der Waals surface area contributed by atoms with Crippen LogP contribution >= 0.6 is 0 Å². The van der Waals surface area contributed by atoms with Crippen molar-refractivity contribution in [3.63, 3.8) is 0 Å². The van der Waals surface area contributed by atoms with Gasteiger partial charge in [0.2, 0.25) is 0 Å². The van der Waals surface area contributed by atoms with Crippen molar-refractivity contribution < 1.29 is 5.11 Å². The molecule has 106 valence electrons. The minimum Gasteiger partial charge on any atom is -0.396 e. The van der Waals surface area contributed by atoms with Crippen molar-refractivity contribution in [2.75, 3.05) is 19.7 Å². The highest BCUT2D eigenvalue weighted by molar-refractivity contribution is 5.11. The van der Waals surface area contributed by atoms with Gasteiger partial charge in [-0.15, -0.1) is 0 Å². The third-order valence-corrected chi connectivity index (χ3v) is 4.08. The fourth-order valence-electron chi connectivity index (χ4n) is 2.85. The van der Waals surface area contributed by atoms with Gasteiger partial charge in [0, 0.05) is 43.7 Å². The number of aliphatic hydroxyl groups is 1. The molecule has 0 bridgehead atoms. The van der Waals surface area contributed by atoms with Crippen LogP contribution in [0.1, 0.15) is 32.3 Å². The second kappa shape index (κ2) is 6.46. The van der Waals surface area contributed by atoms with Crippen LogP contribution < -0.4 is 5.32 Å². The van der Waals surface area contributed by atoms with Gasteiger partial charge in [-0.2, -0.15) is 0 Å². The van der Waals surface area contributed by atoms with Crippen LogP contribution in [-0.2, 0) is 6.54 Å². The van der Waals surface area contributed by atoms with E-state index >= 15 is 0 Å². The first-order valence-electron chi connectivity index (χ1n) is 7.11. The Labute approximate surface area is 115 Å². The van der Waals surface area contributed by atoms with E-state index in [1.165, 1.54) is 5.56 Å². The summed E-state index contributed by atoms with van der Waals surface area (Å²) in [4.78, 5) is 6.60. The molecule has 1 aliphatic heterocycles. The molecule has 0 saturated carbocycles. The summed E-state index contributed by atoms with van der Waals surface area (Å²) in [5.41, 5.74) is 1.43. The molecule has 4 nitrogen and oxygen atoms in total. The van der Waals surface area contributed by atoms with Crippen LogP contribution in [0.25, 0.3) is 0 Å². The van der Waals surface area contributed by atoms with Gasteiger partial charge in [-0.25, -0.2) is 0 Å². The first-order chi connectivity index (χ1) is 9.13. The quantitative estimate of drug-likeness (QED) is 0.862. The van der Waals surface area contributed by atoms with Crippen LogP contribution in [0.4, 0.5) is 0 Å². The zero-order valence-corrected chi connectivity index (χ0v) is 12.0. The fourth-order valence-corrected chi connectivity index (χ4v) is 2.85. The number of nitrogens with one attached hydrogen (secondary N) is 1. The molecule has 2 heterocycles. The molecule has 1 aromatic rings. The second-order valence-corrected chi connectivity index (χ2v) is 5.92. The number of pyridine rings is 1. The maximum absolute atomic E-state index is 9.30. The smallest absolute Gasteiger partial charge is 0.0446 e. The maximum atomic E-state index is 9.30. The molecule has 19 heavy (non-hydrogen) atoms. The molecule has 0 amide bonds. The molecule has 0 aromatic carbocycles. The molecule has 1 saturated heterocycles. The van der Waals surface area contributed by atoms with E-state index in [0.29, 0.717) is 6.04 Å². The zero-order chi connectivity index (χ0) is 13.7. The van der Waals surface area contributed by atoms with Gasteiger partial charge < -0.3 is 10.4 Å². The standard InChI is InChI=1S/C15H25N3O/c1-15(2)6-9-17-11-14(5-10-19)18(15)12-13-3-7-16-8-4-13/h3-4,7-8,14,17,19H,5-6,9-12H2,1-2H3. The lowest BCUT2D eigenvalue weighted by molar-refractivity contribution is 0.0556. The number of hydrogen-bond acceptors (Lipinski definition) is 4. The average Bonchev–Trinajstić information content (AvgIpc) is 2.53. The van der Waals surface area contributed by atoms with Gasteiger partial charge in [0.25, 0.3) is 0 Å². The lowest BCUT2D eigenvalue weighted by atomic mass is 9.95. The van der Waals surface area contributed by atoms with Crippen molar-refractivity contribution in [1.82, 2.24) is 15.2 Å². The number of nitrogens with zero attached hydrogens (tertiary/aromatic N) is 2. The van der Waals surface area contributed by atoms with E-state index in [0.717, 1.165) is 32.5 Å². The average molecular weight is 263 g/mol. The molecular formula is C15H25N3O. The number of hydrogen-bond donors (Lipinski definition) is 2. The van der Waals surface area contributed by atoms with Gasteiger partial charge in [-0.05, 0) is 50.9 Å².